The average Bonchev–Trinajstić information content (AvgIpc) is 2.50. The van der Waals surface area contributed by atoms with Crippen LogP contribution < -0.4 is 16.0 Å². The van der Waals surface area contributed by atoms with E-state index in [9.17, 15) is 4.79 Å². The fourth-order valence-electron chi connectivity index (χ4n) is 1.97. The molecule has 0 spiro atoms. The van der Waals surface area contributed by atoms with Crippen molar-refractivity contribution < 1.29 is 9.53 Å². The van der Waals surface area contributed by atoms with Crippen molar-refractivity contribution in [3.8, 4) is 0 Å². The topological polar surface area (TPSA) is 78.0 Å². The SMILES string of the molecule is CN=C(NCCCCN(C)C(C)C)NCCCNC(=O)OC(C)(C)C. The second kappa shape index (κ2) is 12.8. The first kappa shape index (κ1) is 23.5. The first-order chi connectivity index (χ1) is 11.7. The fourth-order valence-corrected chi connectivity index (χ4v) is 1.97. The summed E-state index contributed by atoms with van der Waals surface area (Å²) >= 11 is 0. The smallest absolute Gasteiger partial charge is 0.407 e. The molecule has 3 N–H and O–H groups in total. The van der Waals surface area contributed by atoms with Gasteiger partial charge < -0.3 is 25.6 Å². The van der Waals surface area contributed by atoms with Crippen molar-refractivity contribution in [3.63, 3.8) is 0 Å². The van der Waals surface area contributed by atoms with E-state index in [1.807, 2.05) is 20.8 Å². The molecule has 0 saturated heterocycles. The lowest BCUT2D eigenvalue weighted by Crippen LogP contribution is -2.39. The number of carbonyl (C=O) groups excluding carboxylic acids is 1. The molecular weight excluding hydrogens is 318 g/mol. The van der Waals surface area contributed by atoms with Crippen LogP contribution in [0, 0.1) is 0 Å². The van der Waals surface area contributed by atoms with Crippen LogP contribution in [0.15, 0.2) is 4.99 Å². The summed E-state index contributed by atoms with van der Waals surface area (Å²) in [6.07, 6.45) is 2.71. The number of hydrogen-bond donors (Lipinski definition) is 3. The third-order valence-corrected chi connectivity index (χ3v) is 3.65. The summed E-state index contributed by atoms with van der Waals surface area (Å²) in [6, 6.07) is 0.594. The van der Waals surface area contributed by atoms with Crippen molar-refractivity contribution in [2.75, 3.05) is 40.3 Å². The van der Waals surface area contributed by atoms with Gasteiger partial charge in [-0.1, -0.05) is 0 Å². The number of aliphatic imine (C=N–C) groups is 1. The minimum absolute atomic E-state index is 0.374. The van der Waals surface area contributed by atoms with Crippen molar-refractivity contribution >= 4 is 12.1 Å². The Labute approximate surface area is 154 Å². The number of guanidine groups is 1. The highest BCUT2D eigenvalue weighted by Gasteiger charge is 2.15. The zero-order chi connectivity index (χ0) is 19.3. The Balaban J connectivity index is 3.68. The van der Waals surface area contributed by atoms with Crippen LogP contribution in [-0.2, 0) is 4.74 Å². The Bertz CT molecular complexity index is 391. The number of alkyl carbamates (subject to hydrolysis) is 1. The van der Waals surface area contributed by atoms with Gasteiger partial charge in [0, 0.05) is 32.7 Å². The zero-order valence-corrected chi connectivity index (χ0v) is 17.2. The molecule has 148 valence electrons. The van der Waals surface area contributed by atoms with Crippen LogP contribution in [0.25, 0.3) is 0 Å². The summed E-state index contributed by atoms with van der Waals surface area (Å²) in [7, 11) is 3.92. The maximum Gasteiger partial charge on any atom is 0.407 e. The molecule has 0 unspecified atom stereocenters. The lowest BCUT2D eigenvalue weighted by molar-refractivity contribution is 0.0527. The standard InChI is InChI=1S/C18H39N5O2/c1-15(2)23(7)14-9-8-11-20-16(19-6)21-12-10-13-22-17(24)25-18(3,4)5/h15H,8-14H2,1-7H3,(H,22,24)(H2,19,20,21). The minimum atomic E-state index is -0.460. The molecule has 0 heterocycles. The first-order valence-electron chi connectivity index (χ1n) is 9.27. The molecule has 0 atom stereocenters. The Hall–Kier alpha value is -1.50. The van der Waals surface area contributed by atoms with E-state index in [2.05, 4.69) is 46.7 Å². The van der Waals surface area contributed by atoms with Gasteiger partial charge in [-0.25, -0.2) is 4.79 Å². The molecule has 1 amide bonds. The molecule has 7 heteroatoms. The molecule has 0 aliphatic carbocycles. The van der Waals surface area contributed by atoms with E-state index in [-0.39, 0.29) is 6.09 Å². The number of nitrogens with one attached hydrogen (secondary N) is 3. The van der Waals surface area contributed by atoms with E-state index in [1.54, 1.807) is 7.05 Å². The highest BCUT2D eigenvalue weighted by molar-refractivity contribution is 5.79. The predicted molar refractivity (Wildman–Crippen MR) is 105 cm³/mol. The van der Waals surface area contributed by atoms with Gasteiger partial charge in [-0.05, 0) is 67.5 Å². The van der Waals surface area contributed by atoms with Crippen molar-refractivity contribution in [2.24, 2.45) is 4.99 Å². The van der Waals surface area contributed by atoms with Crippen LogP contribution in [0.2, 0.25) is 0 Å². The third-order valence-electron chi connectivity index (χ3n) is 3.65. The van der Waals surface area contributed by atoms with Crippen LogP contribution >= 0.6 is 0 Å². The van der Waals surface area contributed by atoms with Gasteiger partial charge >= 0.3 is 6.09 Å². The molecule has 0 aromatic rings. The Morgan fingerprint density at radius 2 is 1.60 bits per heavy atom. The Morgan fingerprint density at radius 1 is 1.04 bits per heavy atom. The van der Waals surface area contributed by atoms with Gasteiger partial charge in [0.1, 0.15) is 5.60 Å². The van der Waals surface area contributed by atoms with Crippen LogP contribution in [0.5, 0.6) is 0 Å². The number of unbranched alkanes of at least 4 members (excludes halogenated alkanes) is 1. The van der Waals surface area contributed by atoms with Crippen LogP contribution in [-0.4, -0.2) is 68.9 Å². The fraction of sp³-hybridized carbons (Fsp3) is 0.889. The van der Waals surface area contributed by atoms with E-state index in [0.717, 1.165) is 38.4 Å². The summed E-state index contributed by atoms with van der Waals surface area (Å²) in [5.41, 5.74) is -0.460. The molecule has 0 aromatic carbocycles. The summed E-state index contributed by atoms with van der Waals surface area (Å²) in [5, 5.41) is 9.30. The van der Waals surface area contributed by atoms with Crippen molar-refractivity contribution in [2.45, 2.75) is 65.5 Å². The first-order valence-corrected chi connectivity index (χ1v) is 9.27. The summed E-state index contributed by atoms with van der Waals surface area (Å²) < 4.78 is 5.18. The van der Waals surface area contributed by atoms with Gasteiger partial charge in [0.2, 0.25) is 0 Å². The number of carbonyl (C=O) groups is 1. The summed E-state index contributed by atoms with van der Waals surface area (Å²) in [6.45, 7) is 13.3. The van der Waals surface area contributed by atoms with Crippen LogP contribution in [0.3, 0.4) is 0 Å². The number of nitrogens with zero attached hydrogens (tertiary/aromatic N) is 2. The van der Waals surface area contributed by atoms with E-state index in [0.29, 0.717) is 12.6 Å². The monoisotopic (exact) mass is 357 g/mol. The molecule has 0 saturated carbocycles. The lowest BCUT2D eigenvalue weighted by Gasteiger charge is -2.20. The van der Waals surface area contributed by atoms with Gasteiger partial charge in [0.05, 0.1) is 0 Å². The number of hydrogen-bond acceptors (Lipinski definition) is 4. The van der Waals surface area contributed by atoms with Crippen LogP contribution in [0.1, 0.15) is 53.9 Å². The molecule has 0 aliphatic rings. The van der Waals surface area contributed by atoms with E-state index in [1.165, 1.54) is 6.42 Å². The van der Waals surface area contributed by atoms with Gasteiger partial charge in [0.25, 0.3) is 0 Å². The highest BCUT2D eigenvalue weighted by atomic mass is 16.6. The summed E-state index contributed by atoms with van der Waals surface area (Å²) in [5.74, 6) is 0.800. The second-order valence-electron chi connectivity index (χ2n) is 7.49. The van der Waals surface area contributed by atoms with E-state index in [4.69, 9.17) is 4.74 Å². The lowest BCUT2D eigenvalue weighted by atomic mass is 10.2. The molecule has 25 heavy (non-hydrogen) atoms. The second-order valence-corrected chi connectivity index (χ2v) is 7.49. The molecule has 0 aromatic heterocycles. The van der Waals surface area contributed by atoms with Gasteiger partial charge in [-0.3, -0.25) is 4.99 Å². The van der Waals surface area contributed by atoms with Crippen LogP contribution in [0.4, 0.5) is 4.79 Å². The third kappa shape index (κ3) is 14.5. The van der Waals surface area contributed by atoms with E-state index < -0.39 is 5.60 Å². The summed E-state index contributed by atoms with van der Waals surface area (Å²) in [4.78, 5) is 18.1. The molecule has 0 fully saturated rings. The molecular formula is C18H39N5O2. The van der Waals surface area contributed by atoms with Crippen molar-refractivity contribution in [1.29, 1.82) is 0 Å². The molecule has 0 rings (SSSR count). The van der Waals surface area contributed by atoms with E-state index >= 15 is 0 Å². The van der Waals surface area contributed by atoms with Gasteiger partial charge in [-0.2, -0.15) is 0 Å². The van der Waals surface area contributed by atoms with Crippen molar-refractivity contribution in [1.82, 2.24) is 20.9 Å². The Morgan fingerprint density at radius 3 is 2.12 bits per heavy atom. The zero-order valence-electron chi connectivity index (χ0n) is 17.2. The quantitative estimate of drug-likeness (QED) is 0.317. The van der Waals surface area contributed by atoms with Gasteiger partial charge in [-0.15, -0.1) is 0 Å². The largest absolute Gasteiger partial charge is 0.444 e. The maximum absolute atomic E-state index is 11.5. The Kier molecular flexibility index (Phi) is 12.0. The predicted octanol–water partition coefficient (Wildman–Crippen LogP) is 2.19. The molecule has 0 bridgehead atoms. The highest BCUT2D eigenvalue weighted by Crippen LogP contribution is 2.06. The average molecular weight is 358 g/mol. The minimum Gasteiger partial charge on any atom is -0.444 e. The maximum atomic E-state index is 11.5. The van der Waals surface area contributed by atoms with Gasteiger partial charge in [0.15, 0.2) is 5.96 Å². The number of ether oxygens (including phenoxy) is 1. The number of amides is 1. The van der Waals surface area contributed by atoms with Crippen molar-refractivity contribution in [3.05, 3.63) is 0 Å². The number of rotatable bonds is 10. The molecule has 0 radical (unpaired) electrons. The molecule has 0 aliphatic heterocycles. The molecule has 7 nitrogen and oxygen atoms in total. The normalized spacial score (nSPS) is 12.4.